The zero-order valence-electron chi connectivity index (χ0n) is 16.5. The minimum absolute atomic E-state index is 0.0715. The number of imidazole rings is 1. The minimum Gasteiger partial charge on any atom is -0.432 e. The number of halogens is 1. The van der Waals surface area contributed by atoms with Crippen molar-refractivity contribution in [2.75, 3.05) is 19.5 Å². The maximum Gasteiger partial charge on any atom is 0.508 e. The van der Waals surface area contributed by atoms with E-state index in [0.717, 1.165) is 44.4 Å². The second kappa shape index (κ2) is 8.31. The molecule has 0 radical (unpaired) electrons. The van der Waals surface area contributed by atoms with Crippen molar-refractivity contribution in [2.24, 2.45) is 5.92 Å². The van der Waals surface area contributed by atoms with Crippen molar-refractivity contribution >= 4 is 34.7 Å². The van der Waals surface area contributed by atoms with Crippen LogP contribution in [0.4, 0.5) is 10.6 Å². The SMILES string of the molecule is COC(CCn1cnc2c(N)nc(Cl)nc21)COC(=O)OC12CCC(CC1)CC2. The van der Waals surface area contributed by atoms with Gasteiger partial charge < -0.3 is 24.5 Å². The molecule has 3 aliphatic carbocycles. The number of nitrogen functional groups attached to an aromatic ring is 1. The highest BCUT2D eigenvalue weighted by Crippen LogP contribution is 2.46. The molecule has 0 spiro atoms. The zero-order chi connectivity index (χ0) is 20.4. The lowest BCUT2D eigenvalue weighted by atomic mass is 9.68. The van der Waals surface area contributed by atoms with Gasteiger partial charge in [0, 0.05) is 13.7 Å². The van der Waals surface area contributed by atoms with Crippen LogP contribution in [0.1, 0.15) is 44.9 Å². The van der Waals surface area contributed by atoms with Gasteiger partial charge in [-0.1, -0.05) is 0 Å². The number of anilines is 1. The molecule has 3 fully saturated rings. The number of aryl methyl sites for hydroxylation is 1. The van der Waals surface area contributed by atoms with Crippen molar-refractivity contribution in [3.63, 3.8) is 0 Å². The molecule has 158 valence electrons. The summed E-state index contributed by atoms with van der Waals surface area (Å²) in [5.41, 5.74) is 6.58. The summed E-state index contributed by atoms with van der Waals surface area (Å²) in [6.45, 7) is 0.671. The van der Waals surface area contributed by atoms with Crippen LogP contribution < -0.4 is 5.73 Å². The minimum atomic E-state index is -0.604. The van der Waals surface area contributed by atoms with Gasteiger partial charge in [-0.05, 0) is 62.5 Å². The molecule has 0 amide bonds. The summed E-state index contributed by atoms with van der Waals surface area (Å²) in [5.74, 6) is 1.05. The van der Waals surface area contributed by atoms with E-state index in [-0.39, 0.29) is 29.4 Å². The Morgan fingerprint density at radius 2 is 2.07 bits per heavy atom. The predicted molar refractivity (Wildman–Crippen MR) is 107 cm³/mol. The van der Waals surface area contributed by atoms with E-state index < -0.39 is 6.16 Å². The van der Waals surface area contributed by atoms with Crippen molar-refractivity contribution in [2.45, 2.75) is 63.2 Å². The first kappa shape index (κ1) is 20.2. The average molecular weight is 424 g/mol. The van der Waals surface area contributed by atoms with E-state index in [0.29, 0.717) is 24.1 Å². The van der Waals surface area contributed by atoms with E-state index in [1.807, 2.05) is 4.57 Å². The Hall–Kier alpha value is -2.13. The van der Waals surface area contributed by atoms with Crippen molar-refractivity contribution < 1.29 is 19.0 Å². The van der Waals surface area contributed by atoms with Gasteiger partial charge in [0.2, 0.25) is 5.28 Å². The number of hydrogen-bond donors (Lipinski definition) is 1. The van der Waals surface area contributed by atoms with Gasteiger partial charge in [-0.2, -0.15) is 9.97 Å². The fraction of sp³-hybridized carbons (Fsp3) is 0.684. The molecule has 0 saturated heterocycles. The molecule has 0 aromatic carbocycles. The lowest BCUT2D eigenvalue weighted by molar-refractivity contribution is -0.0974. The first-order valence-electron chi connectivity index (χ1n) is 10.0. The third-order valence-electron chi connectivity index (χ3n) is 6.20. The van der Waals surface area contributed by atoms with Gasteiger partial charge in [0.1, 0.15) is 17.7 Å². The van der Waals surface area contributed by atoms with Crippen LogP contribution in [0.2, 0.25) is 5.28 Å². The number of methoxy groups -OCH3 is 1. The fourth-order valence-corrected chi connectivity index (χ4v) is 4.56. The Kier molecular flexibility index (Phi) is 5.78. The summed E-state index contributed by atoms with van der Waals surface area (Å²) >= 11 is 5.89. The molecule has 29 heavy (non-hydrogen) atoms. The third kappa shape index (κ3) is 4.40. The van der Waals surface area contributed by atoms with Crippen molar-refractivity contribution in [3.05, 3.63) is 11.6 Å². The van der Waals surface area contributed by atoms with E-state index >= 15 is 0 Å². The highest BCUT2D eigenvalue weighted by molar-refractivity contribution is 6.28. The highest BCUT2D eigenvalue weighted by atomic mass is 35.5. The van der Waals surface area contributed by atoms with E-state index in [4.69, 9.17) is 31.5 Å². The number of aromatic nitrogens is 4. The molecular formula is C19H26ClN5O4. The van der Waals surface area contributed by atoms with Gasteiger partial charge in [-0.15, -0.1) is 0 Å². The Bertz CT molecular complexity index is 867. The molecular weight excluding hydrogens is 398 g/mol. The smallest absolute Gasteiger partial charge is 0.432 e. The monoisotopic (exact) mass is 423 g/mol. The van der Waals surface area contributed by atoms with Crippen LogP contribution in [-0.4, -0.2) is 51.1 Å². The van der Waals surface area contributed by atoms with Gasteiger partial charge in [0.15, 0.2) is 11.5 Å². The molecule has 10 heteroatoms. The van der Waals surface area contributed by atoms with E-state index in [1.165, 1.54) is 0 Å². The van der Waals surface area contributed by atoms with Gasteiger partial charge >= 0.3 is 6.16 Å². The van der Waals surface area contributed by atoms with Crippen LogP contribution in [-0.2, 0) is 20.8 Å². The third-order valence-corrected chi connectivity index (χ3v) is 6.37. The number of fused-ring (bicyclic) bond motifs is 4. The van der Waals surface area contributed by atoms with Gasteiger partial charge in [-0.3, -0.25) is 0 Å². The first-order chi connectivity index (χ1) is 14.0. The molecule has 3 aliphatic rings. The summed E-state index contributed by atoms with van der Waals surface area (Å²) in [4.78, 5) is 24.6. The van der Waals surface area contributed by atoms with Crippen LogP contribution in [0.25, 0.3) is 11.2 Å². The molecule has 2 heterocycles. The van der Waals surface area contributed by atoms with Crippen LogP contribution in [0.5, 0.6) is 0 Å². The molecule has 1 atom stereocenters. The Labute approximate surface area is 173 Å². The lowest BCUT2D eigenvalue weighted by Crippen LogP contribution is -2.44. The molecule has 9 nitrogen and oxygen atoms in total. The van der Waals surface area contributed by atoms with Gasteiger partial charge in [0.25, 0.3) is 0 Å². The van der Waals surface area contributed by atoms with Gasteiger partial charge in [0.05, 0.1) is 12.4 Å². The standard InChI is InChI=1S/C19H26ClN5O4/c1-27-13(5-9-25-11-22-14-15(21)23-17(20)24-16(14)25)10-28-18(26)29-19-6-2-12(3-7-19)4-8-19/h11-13H,2-10H2,1H3,(H2,21,23,24). The average Bonchev–Trinajstić information content (AvgIpc) is 3.12. The summed E-state index contributed by atoms with van der Waals surface area (Å²) in [5, 5.41) is 0.0715. The topological polar surface area (TPSA) is 114 Å². The molecule has 2 N–H and O–H groups in total. The first-order valence-corrected chi connectivity index (χ1v) is 10.4. The fourth-order valence-electron chi connectivity index (χ4n) is 4.38. The van der Waals surface area contributed by atoms with Crippen molar-refractivity contribution in [1.29, 1.82) is 0 Å². The Morgan fingerprint density at radius 1 is 1.34 bits per heavy atom. The Morgan fingerprint density at radius 3 is 2.76 bits per heavy atom. The van der Waals surface area contributed by atoms with Crippen molar-refractivity contribution in [3.8, 4) is 0 Å². The summed E-state index contributed by atoms with van der Waals surface area (Å²) < 4.78 is 18.4. The van der Waals surface area contributed by atoms with Crippen LogP contribution >= 0.6 is 11.6 Å². The highest BCUT2D eigenvalue weighted by Gasteiger charge is 2.43. The van der Waals surface area contributed by atoms with Crippen molar-refractivity contribution in [1.82, 2.24) is 19.5 Å². The van der Waals surface area contributed by atoms with Crippen LogP contribution in [0, 0.1) is 5.92 Å². The molecule has 3 saturated carbocycles. The quantitative estimate of drug-likeness (QED) is 0.532. The van der Waals surface area contributed by atoms with Crippen LogP contribution in [0.3, 0.4) is 0 Å². The maximum absolute atomic E-state index is 12.2. The Balaban J connectivity index is 1.29. The van der Waals surface area contributed by atoms with E-state index in [1.54, 1.807) is 13.4 Å². The number of nitrogens with zero attached hydrogens (tertiary/aromatic N) is 4. The molecule has 1 unspecified atom stereocenters. The molecule has 2 bridgehead atoms. The second-order valence-electron chi connectivity index (χ2n) is 7.96. The van der Waals surface area contributed by atoms with Crippen LogP contribution in [0.15, 0.2) is 6.33 Å². The second-order valence-corrected chi connectivity index (χ2v) is 8.30. The number of hydrogen-bond acceptors (Lipinski definition) is 8. The van der Waals surface area contributed by atoms with Gasteiger partial charge in [-0.25, -0.2) is 9.78 Å². The number of rotatable bonds is 7. The summed E-state index contributed by atoms with van der Waals surface area (Å²) in [7, 11) is 1.59. The summed E-state index contributed by atoms with van der Waals surface area (Å²) in [6.07, 6.45) is 7.60. The lowest BCUT2D eigenvalue weighted by Gasteiger charge is -2.45. The largest absolute Gasteiger partial charge is 0.508 e. The molecule has 0 aliphatic heterocycles. The van der Waals surface area contributed by atoms with E-state index in [2.05, 4.69) is 15.0 Å². The molecule has 2 aromatic heterocycles. The number of nitrogens with two attached hydrogens (primary N) is 1. The number of carbonyl (C=O) groups is 1. The normalized spacial score (nSPS) is 24.6. The number of carbonyl (C=O) groups excluding carboxylic acids is 1. The summed E-state index contributed by atoms with van der Waals surface area (Å²) in [6, 6.07) is 0. The molecule has 2 aromatic rings. The van der Waals surface area contributed by atoms with E-state index in [9.17, 15) is 4.79 Å². The predicted octanol–water partition coefficient (Wildman–Crippen LogP) is 3.34. The maximum atomic E-state index is 12.2. The number of ether oxygens (including phenoxy) is 3. The molecule has 5 rings (SSSR count). The zero-order valence-corrected chi connectivity index (χ0v) is 17.2.